The molecule has 2 N–H and O–H groups in total. The minimum atomic E-state index is 0.0848. The summed E-state index contributed by atoms with van der Waals surface area (Å²) in [6.45, 7) is 8.17. The lowest BCUT2D eigenvalue weighted by atomic mass is 9.87. The molecule has 164 valence electrons. The lowest BCUT2D eigenvalue weighted by molar-refractivity contribution is -0.129. The molecular weight excluding hydrogens is 430 g/mol. The van der Waals surface area contributed by atoms with Crippen molar-refractivity contribution in [2.45, 2.75) is 50.9 Å². The van der Waals surface area contributed by atoms with Gasteiger partial charge in [0.1, 0.15) is 12.4 Å². The normalized spacial score (nSPS) is 13.8. The van der Waals surface area contributed by atoms with Crippen molar-refractivity contribution in [3.63, 3.8) is 0 Å². The standard InChI is InChI=1S/C22H27N5O2S2/c1-22(2,3)16-4-6-17(7-5-16)29-13-19-24-25-21(27(19)23)31-14-20(28)26-10-8-18-15(12-26)9-11-30-18/h4-7,9,11H,8,10,12-14,23H2,1-3H3. The fourth-order valence-corrected chi connectivity index (χ4v) is 5.05. The third kappa shape index (κ3) is 5.04. The topological polar surface area (TPSA) is 86.3 Å². The van der Waals surface area contributed by atoms with Gasteiger partial charge in [0.2, 0.25) is 11.1 Å². The van der Waals surface area contributed by atoms with E-state index >= 15 is 0 Å². The molecule has 3 aromatic rings. The number of nitrogen functional groups attached to an aromatic ring is 1. The lowest BCUT2D eigenvalue weighted by Gasteiger charge is -2.26. The van der Waals surface area contributed by atoms with Crippen LogP contribution < -0.4 is 10.6 Å². The Hall–Kier alpha value is -2.52. The molecule has 7 nitrogen and oxygen atoms in total. The molecule has 0 radical (unpaired) electrons. The van der Waals surface area contributed by atoms with E-state index in [-0.39, 0.29) is 23.7 Å². The Labute approximate surface area is 190 Å². The summed E-state index contributed by atoms with van der Waals surface area (Å²) in [5.41, 5.74) is 2.60. The highest BCUT2D eigenvalue weighted by Gasteiger charge is 2.22. The minimum absolute atomic E-state index is 0.0848. The Morgan fingerprint density at radius 3 is 2.74 bits per heavy atom. The van der Waals surface area contributed by atoms with E-state index in [0.717, 1.165) is 18.7 Å². The fraction of sp³-hybridized carbons (Fsp3) is 0.409. The average molecular weight is 458 g/mol. The number of hydrogen-bond acceptors (Lipinski definition) is 7. The molecule has 0 saturated carbocycles. The molecule has 0 saturated heterocycles. The summed E-state index contributed by atoms with van der Waals surface area (Å²) < 4.78 is 7.21. The minimum Gasteiger partial charge on any atom is -0.486 e. The van der Waals surface area contributed by atoms with Gasteiger partial charge >= 0.3 is 0 Å². The van der Waals surface area contributed by atoms with Gasteiger partial charge in [-0.05, 0) is 46.5 Å². The number of aromatic nitrogens is 3. The van der Waals surface area contributed by atoms with Crippen LogP contribution in [-0.4, -0.2) is 38.0 Å². The highest BCUT2D eigenvalue weighted by Crippen LogP contribution is 2.26. The van der Waals surface area contributed by atoms with E-state index in [4.69, 9.17) is 10.6 Å². The van der Waals surface area contributed by atoms with Crippen LogP contribution in [0.25, 0.3) is 0 Å². The third-order valence-corrected chi connectivity index (χ3v) is 7.26. The van der Waals surface area contributed by atoms with Gasteiger partial charge in [-0.3, -0.25) is 4.79 Å². The maximum absolute atomic E-state index is 12.6. The zero-order valence-electron chi connectivity index (χ0n) is 18.0. The molecule has 31 heavy (non-hydrogen) atoms. The predicted molar refractivity (Wildman–Crippen MR) is 124 cm³/mol. The predicted octanol–water partition coefficient (Wildman–Crippen LogP) is 3.61. The number of rotatable bonds is 6. The van der Waals surface area contributed by atoms with Crippen molar-refractivity contribution >= 4 is 29.0 Å². The van der Waals surface area contributed by atoms with Crippen molar-refractivity contribution in [3.05, 3.63) is 57.5 Å². The van der Waals surface area contributed by atoms with Crippen LogP contribution in [0.15, 0.2) is 40.9 Å². The van der Waals surface area contributed by atoms with Gasteiger partial charge in [-0.25, -0.2) is 4.68 Å². The SMILES string of the molecule is CC(C)(C)c1ccc(OCc2nnc(SCC(=O)N3CCc4sccc4C3)n2N)cc1. The molecule has 1 aliphatic rings. The molecule has 1 aromatic carbocycles. The summed E-state index contributed by atoms with van der Waals surface area (Å²) in [6.07, 6.45) is 0.925. The molecule has 0 atom stereocenters. The highest BCUT2D eigenvalue weighted by molar-refractivity contribution is 7.99. The number of thiophene rings is 1. The van der Waals surface area contributed by atoms with Gasteiger partial charge in [-0.1, -0.05) is 44.7 Å². The van der Waals surface area contributed by atoms with Crippen LogP contribution in [0, 0.1) is 0 Å². The van der Waals surface area contributed by atoms with Crippen molar-refractivity contribution < 1.29 is 9.53 Å². The average Bonchev–Trinajstić information content (AvgIpc) is 3.36. The van der Waals surface area contributed by atoms with Gasteiger partial charge in [0.15, 0.2) is 5.82 Å². The van der Waals surface area contributed by atoms with E-state index in [0.29, 0.717) is 17.5 Å². The number of carbonyl (C=O) groups excluding carboxylic acids is 1. The molecule has 0 bridgehead atoms. The van der Waals surface area contributed by atoms with E-state index < -0.39 is 0 Å². The largest absolute Gasteiger partial charge is 0.486 e. The summed E-state index contributed by atoms with van der Waals surface area (Å²) in [5, 5.41) is 10.8. The van der Waals surface area contributed by atoms with Crippen LogP contribution in [0.4, 0.5) is 0 Å². The van der Waals surface area contributed by atoms with E-state index in [1.165, 1.54) is 32.4 Å². The molecular formula is C22H27N5O2S2. The van der Waals surface area contributed by atoms with Crippen molar-refractivity contribution in [3.8, 4) is 5.75 Å². The summed E-state index contributed by atoms with van der Waals surface area (Å²) in [7, 11) is 0. The Kier molecular flexibility index (Phi) is 6.24. The lowest BCUT2D eigenvalue weighted by Crippen LogP contribution is -2.36. The third-order valence-electron chi connectivity index (χ3n) is 5.31. The molecule has 0 spiro atoms. The van der Waals surface area contributed by atoms with Crippen molar-refractivity contribution in [1.82, 2.24) is 19.8 Å². The molecule has 2 aromatic heterocycles. The number of amides is 1. The van der Waals surface area contributed by atoms with Crippen LogP contribution in [0.2, 0.25) is 0 Å². The number of hydrogen-bond donors (Lipinski definition) is 1. The number of nitrogens with two attached hydrogens (primary N) is 1. The molecule has 3 heterocycles. The number of ether oxygens (including phenoxy) is 1. The maximum Gasteiger partial charge on any atom is 0.233 e. The zero-order valence-corrected chi connectivity index (χ0v) is 19.6. The van der Waals surface area contributed by atoms with E-state index in [1.807, 2.05) is 17.0 Å². The van der Waals surface area contributed by atoms with E-state index in [9.17, 15) is 4.79 Å². The first kappa shape index (κ1) is 21.7. The molecule has 4 rings (SSSR count). The molecule has 9 heteroatoms. The number of nitrogens with zero attached hydrogens (tertiary/aromatic N) is 4. The number of thioether (sulfide) groups is 1. The Balaban J connectivity index is 1.30. The first-order chi connectivity index (χ1) is 14.8. The summed E-state index contributed by atoms with van der Waals surface area (Å²) in [6, 6.07) is 10.1. The highest BCUT2D eigenvalue weighted by atomic mass is 32.2. The van der Waals surface area contributed by atoms with Gasteiger partial charge in [0.25, 0.3) is 0 Å². The number of benzene rings is 1. The number of fused-ring (bicyclic) bond motifs is 1. The molecule has 0 aliphatic carbocycles. The van der Waals surface area contributed by atoms with Crippen LogP contribution in [0.1, 0.15) is 42.6 Å². The maximum atomic E-state index is 12.6. The quantitative estimate of drug-likeness (QED) is 0.450. The molecule has 0 fully saturated rings. The van der Waals surface area contributed by atoms with Gasteiger partial charge in [0.05, 0.1) is 5.75 Å². The molecule has 1 amide bonds. The zero-order chi connectivity index (χ0) is 22.0. The van der Waals surface area contributed by atoms with Gasteiger partial charge in [-0.15, -0.1) is 21.5 Å². The van der Waals surface area contributed by atoms with Crippen molar-refractivity contribution in [2.75, 3.05) is 18.1 Å². The van der Waals surface area contributed by atoms with Crippen LogP contribution >= 0.6 is 23.1 Å². The fourth-order valence-electron chi connectivity index (χ4n) is 3.38. The van der Waals surface area contributed by atoms with Crippen LogP contribution in [0.3, 0.4) is 0 Å². The summed E-state index contributed by atoms with van der Waals surface area (Å²) in [5.74, 6) is 7.75. The second kappa shape index (κ2) is 8.92. The Bertz CT molecular complexity index is 1050. The summed E-state index contributed by atoms with van der Waals surface area (Å²) >= 11 is 3.06. The van der Waals surface area contributed by atoms with E-state index in [1.54, 1.807) is 11.3 Å². The molecule has 1 aliphatic heterocycles. The molecule has 0 unspecified atom stereocenters. The number of carbonyl (C=O) groups is 1. The Morgan fingerprint density at radius 1 is 1.23 bits per heavy atom. The second-order valence-electron chi connectivity index (χ2n) is 8.55. The van der Waals surface area contributed by atoms with Gasteiger partial charge in [-0.2, -0.15) is 0 Å². The van der Waals surface area contributed by atoms with E-state index in [2.05, 4.69) is 54.5 Å². The Morgan fingerprint density at radius 2 is 2.00 bits per heavy atom. The smallest absolute Gasteiger partial charge is 0.233 e. The summed E-state index contributed by atoms with van der Waals surface area (Å²) in [4.78, 5) is 15.9. The second-order valence-corrected chi connectivity index (χ2v) is 10.5. The van der Waals surface area contributed by atoms with Crippen LogP contribution in [-0.2, 0) is 29.8 Å². The van der Waals surface area contributed by atoms with Crippen LogP contribution in [0.5, 0.6) is 5.75 Å². The van der Waals surface area contributed by atoms with Crippen molar-refractivity contribution in [2.24, 2.45) is 0 Å². The first-order valence-electron chi connectivity index (χ1n) is 10.2. The van der Waals surface area contributed by atoms with Crippen molar-refractivity contribution in [1.29, 1.82) is 0 Å². The van der Waals surface area contributed by atoms with Gasteiger partial charge < -0.3 is 15.5 Å². The first-order valence-corrected chi connectivity index (χ1v) is 12.1. The van der Waals surface area contributed by atoms with Gasteiger partial charge in [0, 0.05) is 18.0 Å². The monoisotopic (exact) mass is 457 g/mol.